The molecule has 0 spiro atoms. The SMILES string of the molecule is CCCCCCCCC/C=C/C=C/CCCCCC(=O)OC(COCCC(C(=O)[O-])[N+](C)(C)C)COC(=O)CCCCCCCCCCCCCC. The fourth-order valence-corrected chi connectivity index (χ4v) is 6.24. The van der Waals surface area contributed by atoms with E-state index in [0.717, 1.165) is 51.4 Å². The number of unbranched alkanes of at least 4 members (excludes halogenated alkanes) is 21. The van der Waals surface area contributed by atoms with E-state index in [1.54, 1.807) is 21.1 Å². The summed E-state index contributed by atoms with van der Waals surface area (Å²) in [5.74, 6) is -1.76. The number of likely N-dealkylation sites (N-methyl/N-ethyl adjacent to an activating group) is 1. The molecule has 8 nitrogen and oxygen atoms in total. The Morgan fingerprint density at radius 1 is 0.577 bits per heavy atom. The number of carboxylic acid groups (broad SMARTS) is 1. The van der Waals surface area contributed by atoms with Crippen molar-refractivity contribution in [2.45, 2.75) is 199 Å². The zero-order valence-corrected chi connectivity index (χ0v) is 34.5. The third-order valence-electron chi connectivity index (χ3n) is 9.62. The zero-order chi connectivity index (χ0) is 38.5. The van der Waals surface area contributed by atoms with Gasteiger partial charge in [0.1, 0.15) is 12.6 Å². The first-order valence-corrected chi connectivity index (χ1v) is 21.4. The summed E-state index contributed by atoms with van der Waals surface area (Å²) in [7, 11) is 5.40. The average molecular weight is 736 g/mol. The van der Waals surface area contributed by atoms with E-state index < -0.39 is 18.1 Å². The van der Waals surface area contributed by atoms with Gasteiger partial charge in [-0.05, 0) is 38.5 Å². The summed E-state index contributed by atoms with van der Waals surface area (Å²) in [6.45, 7) is 4.63. The van der Waals surface area contributed by atoms with Crippen molar-refractivity contribution in [2.75, 3.05) is 41.0 Å². The van der Waals surface area contributed by atoms with Gasteiger partial charge in [-0.15, -0.1) is 0 Å². The van der Waals surface area contributed by atoms with Crippen LogP contribution in [0.4, 0.5) is 0 Å². The van der Waals surface area contributed by atoms with Crippen molar-refractivity contribution in [3.05, 3.63) is 24.3 Å². The molecule has 8 heteroatoms. The number of allylic oxidation sites excluding steroid dienone is 4. The molecule has 0 aliphatic heterocycles. The van der Waals surface area contributed by atoms with Crippen LogP contribution in [-0.2, 0) is 28.6 Å². The minimum atomic E-state index is -1.13. The number of hydrogen-bond acceptors (Lipinski definition) is 7. The molecule has 0 N–H and O–H groups in total. The molecule has 0 fully saturated rings. The highest BCUT2D eigenvalue weighted by atomic mass is 16.6. The maximum absolute atomic E-state index is 12.7. The highest BCUT2D eigenvalue weighted by Crippen LogP contribution is 2.14. The average Bonchev–Trinajstić information content (AvgIpc) is 3.09. The van der Waals surface area contributed by atoms with Crippen LogP contribution in [-0.4, -0.2) is 75.5 Å². The second kappa shape index (κ2) is 35.8. The van der Waals surface area contributed by atoms with Gasteiger partial charge in [0, 0.05) is 19.3 Å². The Labute approximate surface area is 320 Å². The molecule has 0 amide bonds. The summed E-state index contributed by atoms with van der Waals surface area (Å²) in [5.41, 5.74) is 0. The van der Waals surface area contributed by atoms with E-state index in [-0.39, 0.29) is 42.7 Å². The molecule has 0 heterocycles. The minimum absolute atomic E-state index is 0.0335. The van der Waals surface area contributed by atoms with Crippen LogP contribution in [0.15, 0.2) is 24.3 Å². The normalized spacial score (nSPS) is 13.2. The Bertz CT molecular complexity index is 911. The number of esters is 2. The maximum atomic E-state index is 12.7. The molecule has 0 rings (SSSR count). The number of carbonyl (C=O) groups is 3. The molecule has 0 saturated heterocycles. The number of aliphatic carboxylic acids is 1. The lowest BCUT2D eigenvalue weighted by Gasteiger charge is -2.34. The molecule has 0 aromatic carbocycles. The van der Waals surface area contributed by atoms with Crippen molar-refractivity contribution >= 4 is 17.9 Å². The maximum Gasteiger partial charge on any atom is 0.306 e. The number of ether oxygens (including phenoxy) is 3. The fourth-order valence-electron chi connectivity index (χ4n) is 6.24. The Balaban J connectivity index is 4.41. The highest BCUT2D eigenvalue weighted by Gasteiger charge is 2.25. The predicted octanol–water partition coefficient (Wildman–Crippen LogP) is 9.97. The number of carbonyl (C=O) groups excluding carboxylic acids is 3. The molecule has 52 heavy (non-hydrogen) atoms. The number of rotatable bonds is 38. The Hall–Kier alpha value is -2.19. The van der Waals surface area contributed by atoms with Crippen molar-refractivity contribution in [3.63, 3.8) is 0 Å². The predicted molar refractivity (Wildman–Crippen MR) is 213 cm³/mol. The lowest BCUT2D eigenvalue weighted by atomic mass is 10.0. The van der Waals surface area contributed by atoms with Gasteiger partial charge in [0.15, 0.2) is 6.10 Å². The summed E-state index contributed by atoms with van der Waals surface area (Å²) >= 11 is 0. The third kappa shape index (κ3) is 33.6. The second-order valence-corrected chi connectivity index (χ2v) is 15.6. The molecule has 0 aromatic heterocycles. The molecule has 0 aromatic rings. The monoisotopic (exact) mass is 736 g/mol. The summed E-state index contributed by atoms with van der Waals surface area (Å²) in [6.07, 6.45) is 37.7. The first-order valence-electron chi connectivity index (χ1n) is 21.4. The van der Waals surface area contributed by atoms with Gasteiger partial charge in [0.25, 0.3) is 0 Å². The fraction of sp³-hybridized carbons (Fsp3) is 0.841. The van der Waals surface area contributed by atoms with E-state index in [0.29, 0.717) is 12.8 Å². The van der Waals surface area contributed by atoms with E-state index in [1.807, 2.05) is 0 Å². The lowest BCUT2D eigenvalue weighted by Crippen LogP contribution is -2.55. The van der Waals surface area contributed by atoms with Crippen LogP contribution in [0.1, 0.15) is 187 Å². The van der Waals surface area contributed by atoms with E-state index in [9.17, 15) is 19.5 Å². The number of hydrogen-bond donors (Lipinski definition) is 0. The van der Waals surface area contributed by atoms with Crippen LogP contribution in [0.3, 0.4) is 0 Å². The standard InChI is InChI=1S/C44H81NO7/c1-6-8-10-12-14-16-18-20-21-22-23-25-27-29-31-33-35-43(47)52-40(38-50-37-36-41(44(48)49)45(3,4)5)39-51-42(46)34-32-30-28-26-24-19-17-15-13-11-9-7-2/h21-23,25,40-41H,6-20,24,26-39H2,1-5H3/b22-21+,25-23+. The summed E-state index contributed by atoms with van der Waals surface area (Å²) in [4.78, 5) is 36.7. The molecule has 0 radical (unpaired) electrons. The van der Waals surface area contributed by atoms with Crippen molar-refractivity contribution in [1.29, 1.82) is 0 Å². The topological polar surface area (TPSA) is 102 Å². The van der Waals surface area contributed by atoms with E-state index >= 15 is 0 Å². The Kier molecular flexibility index (Phi) is 34.3. The number of nitrogens with zero attached hydrogens (tertiary/aromatic N) is 1. The van der Waals surface area contributed by atoms with Crippen molar-refractivity contribution in [1.82, 2.24) is 0 Å². The van der Waals surface area contributed by atoms with Crippen LogP contribution in [0.25, 0.3) is 0 Å². The van der Waals surface area contributed by atoms with E-state index in [4.69, 9.17) is 14.2 Å². The van der Waals surface area contributed by atoms with Gasteiger partial charge in [-0.1, -0.05) is 154 Å². The molecule has 0 bridgehead atoms. The van der Waals surface area contributed by atoms with Gasteiger partial charge in [0.2, 0.25) is 0 Å². The number of quaternary nitrogens is 1. The quantitative estimate of drug-likeness (QED) is 0.0269. The van der Waals surface area contributed by atoms with Crippen LogP contribution >= 0.6 is 0 Å². The van der Waals surface area contributed by atoms with E-state index in [2.05, 4.69) is 38.2 Å². The first kappa shape index (κ1) is 49.8. The molecule has 2 unspecified atom stereocenters. The third-order valence-corrected chi connectivity index (χ3v) is 9.62. The second-order valence-electron chi connectivity index (χ2n) is 15.6. The molecule has 0 aliphatic rings. The van der Waals surface area contributed by atoms with Gasteiger partial charge in [-0.3, -0.25) is 9.59 Å². The molecular weight excluding hydrogens is 654 g/mol. The zero-order valence-electron chi connectivity index (χ0n) is 34.5. The van der Waals surface area contributed by atoms with Gasteiger partial charge < -0.3 is 28.6 Å². The minimum Gasteiger partial charge on any atom is -0.544 e. The summed E-state index contributed by atoms with van der Waals surface area (Å²) in [5, 5.41) is 11.6. The van der Waals surface area contributed by atoms with Gasteiger partial charge >= 0.3 is 11.9 Å². The largest absolute Gasteiger partial charge is 0.544 e. The van der Waals surface area contributed by atoms with Crippen LogP contribution in [0.5, 0.6) is 0 Å². The van der Waals surface area contributed by atoms with Crippen molar-refractivity contribution in [3.8, 4) is 0 Å². The van der Waals surface area contributed by atoms with Gasteiger partial charge in [-0.25, -0.2) is 0 Å². The highest BCUT2D eigenvalue weighted by molar-refractivity contribution is 5.70. The molecule has 0 aliphatic carbocycles. The molecule has 0 saturated carbocycles. The molecule has 2 atom stereocenters. The van der Waals surface area contributed by atoms with Crippen LogP contribution in [0, 0.1) is 0 Å². The van der Waals surface area contributed by atoms with Crippen molar-refractivity contribution < 1.29 is 38.2 Å². The lowest BCUT2D eigenvalue weighted by molar-refractivity contribution is -0.889. The Morgan fingerprint density at radius 3 is 1.46 bits per heavy atom. The van der Waals surface area contributed by atoms with E-state index in [1.165, 1.54) is 103 Å². The molecule has 304 valence electrons. The first-order chi connectivity index (χ1) is 25.1. The molecular formula is C44H81NO7. The summed E-state index contributed by atoms with van der Waals surface area (Å²) in [6, 6.07) is -0.727. The van der Waals surface area contributed by atoms with Crippen LogP contribution < -0.4 is 5.11 Å². The van der Waals surface area contributed by atoms with Crippen LogP contribution in [0.2, 0.25) is 0 Å². The summed E-state index contributed by atoms with van der Waals surface area (Å²) < 4.78 is 17.1. The van der Waals surface area contributed by atoms with Gasteiger partial charge in [-0.2, -0.15) is 0 Å². The number of carboxylic acids is 1. The smallest absolute Gasteiger partial charge is 0.306 e. The van der Waals surface area contributed by atoms with Crippen molar-refractivity contribution in [2.24, 2.45) is 0 Å². The van der Waals surface area contributed by atoms with Gasteiger partial charge in [0.05, 0.1) is 40.3 Å². The Morgan fingerprint density at radius 2 is 1.00 bits per heavy atom.